The van der Waals surface area contributed by atoms with Crippen molar-refractivity contribution in [3.8, 4) is 0 Å². The van der Waals surface area contributed by atoms with E-state index in [1.165, 1.54) is 0 Å². The average molecular weight is 368 g/mol. The summed E-state index contributed by atoms with van der Waals surface area (Å²) in [6.07, 6.45) is 5.34. The number of fused-ring (bicyclic) bond motifs is 1. The second kappa shape index (κ2) is 7.06. The van der Waals surface area contributed by atoms with E-state index in [4.69, 9.17) is 0 Å². The van der Waals surface area contributed by atoms with E-state index in [1.54, 1.807) is 11.8 Å². The summed E-state index contributed by atoms with van der Waals surface area (Å²) in [4.78, 5) is 44.1. The molecule has 27 heavy (non-hydrogen) atoms. The molecule has 2 aliphatic heterocycles. The van der Waals surface area contributed by atoms with Gasteiger partial charge in [-0.1, -0.05) is 18.2 Å². The van der Waals surface area contributed by atoms with Crippen molar-refractivity contribution in [3.63, 3.8) is 0 Å². The highest BCUT2D eigenvalue weighted by Crippen LogP contribution is 2.22. The van der Waals surface area contributed by atoms with Gasteiger partial charge in [0.2, 0.25) is 5.91 Å². The molecule has 4 rings (SSSR count). The van der Waals surface area contributed by atoms with Crippen LogP contribution in [0.4, 0.5) is 4.79 Å². The van der Waals surface area contributed by atoms with Gasteiger partial charge in [0, 0.05) is 36.6 Å². The number of aromatic nitrogens is 1. The molecular weight excluding hydrogens is 344 g/mol. The number of nitrogens with one attached hydrogen (secondary N) is 2. The average Bonchev–Trinajstić information content (AvgIpc) is 3.22. The van der Waals surface area contributed by atoms with E-state index < -0.39 is 18.1 Å². The first kappa shape index (κ1) is 17.6. The number of urea groups is 1. The maximum absolute atomic E-state index is 12.9. The molecule has 7 nitrogen and oxygen atoms in total. The zero-order chi connectivity index (χ0) is 19.0. The number of hydrogen-bond donors (Lipinski definition) is 2. The molecule has 2 fully saturated rings. The fourth-order valence-corrected chi connectivity index (χ4v) is 4.06. The number of piperidine rings is 1. The molecule has 0 bridgehead atoms. The van der Waals surface area contributed by atoms with Crippen LogP contribution in [0.5, 0.6) is 0 Å². The van der Waals surface area contributed by atoms with Crippen molar-refractivity contribution < 1.29 is 14.4 Å². The minimum atomic E-state index is -0.774. The Morgan fingerprint density at radius 3 is 2.70 bits per heavy atom. The fraction of sp³-hybridized carbons (Fsp3) is 0.450. The molecule has 0 aliphatic carbocycles. The fourth-order valence-electron chi connectivity index (χ4n) is 4.06. The zero-order valence-electron chi connectivity index (χ0n) is 15.4. The van der Waals surface area contributed by atoms with E-state index in [9.17, 15) is 14.4 Å². The molecule has 2 saturated heterocycles. The molecular formula is C20H24N4O3. The maximum atomic E-state index is 12.9. The molecule has 0 spiro atoms. The van der Waals surface area contributed by atoms with Gasteiger partial charge in [0.25, 0.3) is 5.91 Å². The lowest BCUT2D eigenvalue weighted by Crippen LogP contribution is -2.51. The number of aromatic amines is 1. The number of rotatable bonds is 4. The van der Waals surface area contributed by atoms with Crippen LogP contribution < -0.4 is 5.32 Å². The predicted molar refractivity (Wildman–Crippen MR) is 101 cm³/mol. The lowest BCUT2D eigenvalue weighted by Gasteiger charge is -2.31. The Labute approximate surface area is 157 Å². The summed E-state index contributed by atoms with van der Waals surface area (Å²) in [5.74, 6) is -0.478. The molecule has 2 atom stereocenters. The summed E-state index contributed by atoms with van der Waals surface area (Å²) in [5, 5.41) is 3.79. The Morgan fingerprint density at radius 2 is 1.93 bits per heavy atom. The molecule has 7 heteroatoms. The molecule has 1 aromatic carbocycles. The van der Waals surface area contributed by atoms with Gasteiger partial charge in [-0.25, -0.2) is 4.79 Å². The summed E-state index contributed by atoms with van der Waals surface area (Å²) in [6.45, 7) is 3.04. The van der Waals surface area contributed by atoms with E-state index in [0.29, 0.717) is 19.5 Å². The Morgan fingerprint density at radius 1 is 1.19 bits per heavy atom. The molecule has 2 N–H and O–H groups in total. The van der Waals surface area contributed by atoms with Crippen LogP contribution >= 0.6 is 0 Å². The standard InChI is InChI=1S/C20H24N4O3/c1-13(18(25)23-9-5-2-6-10-23)24-19(26)17(22-20(24)27)11-14-12-21-16-8-4-3-7-15(14)16/h3-4,7-8,12-13,17,21H,2,5-6,9-11H2,1H3,(H,22,27)/t13-,17+/m0/s1. The van der Waals surface area contributed by atoms with Gasteiger partial charge in [-0.05, 0) is 37.8 Å². The number of para-hydroxylation sites is 1. The van der Waals surface area contributed by atoms with Crippen molar-refractivity contribution >= 4 is 28.7 Å². The lowest BCUT2D eigenvalue weighted by atomic mass is 10.0. The summed E-state index contributed by atoms with van der Waals surface area (Å²) >= 11 is 0. The van der Waals surface area contributed by atoms with Crippen LogP contribution in [0.2, 0.25) is 0 Å². The number of H-pyrrole nitrogens is 1. The second-order valence-electron chi connectivity index (χ2n) is 7.34. The smallest absolute Gasteiger partial charge is 0.325 e. The van der Waals surface area contributed by atoms with Gasteiger partial charge in [-0.2, -0.15) is 0 Å². The van der Waals surface area contributed by atoms with Crippen LogP contribution in [0.15, 0.2) is 30.5 Å². The van der Waals surface area contributed by atoms with E-state index >= 15 is 0 Å². The Balaban J connectivity index is 1.49. The molecule has 2 aliphatic rings. The number of imide groups is 1. The number of likely N-dealkylation sites (tertiary alicyclic amines) is 1. The number of nitrogens with zero attached hydrogens (tertiary/aromatic N) is 2. The third-order valence-corrected chi connectivity index (χ3v) is 5.56. The SMILES string of the molecule is C[C@@H](C(=O)N1CCCCC1)N1C(=O)N[C@H](Cc2c[nH]c3ccccc23)C1=O. The maximum Gasteiger partial charge on any atom is 0.325 e. The Hall–Kier alpha value is -2.83. The highest BCUT2D eigenvalue weighted by Gasteiger charge is 2.43. The molecule has 142 valence electrons. The van der Waals surface area contributed by atoms with Crippen LogP contribution in [-0.2, 0) is 16.0 Å². The molecule has 3 heterocycles. The summed E-state index contributed by atoms with van der Waals surface area (Å²) in [7, 11) is 0. The van der Waals surface area contributed by atoms with Gasteiger partial charge < -0.3 is 15.2 Å². The minimum absolute atomic E-state index is 0.147. The number of benzene rings is 1. The summed E-state index contributed by atoms with van der Waals surface area (Å²) in [6, 6.07) is 5.95. The van der Waals surface area contributed by atoms with Gasteiger partial charge in [-0.15, -0.1) is 0 Å². The van der Waals surface area contributed by atoms with Crippen LogP contribution in [0.1, 0.15) is 31.7 Å². The van der Waals surface area contributed by atoms with Crippen molar-refractivity contribution in [3.05, 3.63) is 36.0 Å². The van der Waals surface area contributed by atoms with E-state index in [-0.39, 0.29) is 11.8 Å². The van der Waals surface area contributed by atoms with Crippen LogP contribution in [0.3, 0.4) is 0 Å². The van der Waals surface area contributed by atoms with E-state index in [1.807, 2.05) is 30.5 Å². The van der Waals surface area contributed by atoms with Crippen LogP contribution in [-0.4, -0.2) is 57.8 Å². The predicted octanol–water partition coefficient (Wildman–Crippen LogP) is 2.03. The summed E-state index contributed by atoms with van der Waals surface area (Å²) in [5.41, 5.74) is 1.97. The highest BCUT2D eigenvalue weighted by atomic mass is 16.2. The second-order valence-corrected chi connectivity index (χ2v) is 7.34. The minimum Gasteiger partial charge on any atom is -0.361 e. The molecule has 0 unspecified atom stereocenters. The third kappa shape index (κ3) is 3.18. The Kier molecular flexibility index (Phi) is 4.59. The molecule has 1 aromatic heterocycles. The van der Waals surface area contributed by atoms with E-state index in [2.05, 4.69) is 10.3 Å². The first-order chi connectivity index (χ1) is 13.1. The molecule has 0 radical (unpaired) electrons. The third-order valence-electron chi connectivity index (χ3n) is 5.56. The first-order valence-corrected chi connectivity index (χ1v) is 9.53. The van der Waals surface area contributed by atoms with Crippen molar-refractivity contribution in [1.29, 1.82) is 0 Å². The number of carbonyl (C=O) groups excluding carboxylic acids is 3. The topological polar surface area (TPSA) is 85.5 Å². The lowest BCUT2D eigenvalue weighted by molar-refractivity contribution is -0.142. The van der Waals surface area contributed by atoms with Gasteiger partial charge in [-0.3, -0.25) is 14.5 Å². The first-order valence-electron chi connectivity index (χ1n) is 9.53. The normalized spacial score (nSPS) is 21.6. The number of hydrogen-bond acceptors (Lipinski definition) is 3. The van der Waals surface area contributed by atoms with Gasteiger partial charge in [0.1, 0.15) is 12.1 Å². The molecule has 0 saturated carbocycles. The van der Waals surface area contributed by atoms with Gasteiger partial charge >= 0.3 is 6.03 Å². The van der Waals surface area contributed by atoms with Crippen molar-refractivity contribution in [2.75, 3.05) is 13.1 Å². The van der Waals surface area contributed by atoms with Gasteiger partial charge in [0.05, 0.1) is 0 Å². The number of amides is 4. The van der Waals surface area contributed by atoms with Crippen molar-refractivity contribution in [1.82, 2.24) is 20.1 Å². The largest absolute Gasteiger partial charge is 0.361 e. The molecule has 2 aromatic rings. The van der Waals surface area contributed by atoms with Crippen molar-refractivity contribution in [2.24, 2.45) is 0 Å². The Bertz CT molecular complexity index is 884. The van der Waals surface area contributed by atoms with Crippen LogP contribution in [0, 0.1) is 0 Å². The van der Waals surface area contributed by atoms with E-state index in [0.717, 1.165) is 40.6 Å². The summed E-state index contributed by atoms with van der Waals surface area (Å²) < 4.78 is 0. The monoisotopic (exact) mass is 368 g/mol. The zero-order valence-corrected chi connectivity index (χ0v) is 15.4. The van der Waals surface area contributed by atoms with Crippen LogP contribution in [0.25, 0.3) is 10.9 Å². The molecule has 4 amide bonds. The highest BCUT2D eigenvalue weighted by molar-refractivity contribution is 6.07. The van der Waals surface area contributed by atoms with Crippen molar-refractivity contribution in [2.45, 2.75) is 44.7 Å². The number of carbonyl (C=O) groups is 3. The quantitative estimate of drug-likeness (QED) is 0.810. The van der Waals surface area contributed by atoms with Gasteiger partial charge in [0.15, 0.2) is 0 Å².